The molecule has 0 aromatic heterocycles. The van der Waals surface area contributed by atoms with Crippen molar-refractivity contribution in [1.29, 1.82) is 10.5 Å². The maximum Gasteiger partial charge on any atom is 0.152 e. The Hall–Kier alpha value is -3.96. The number of hydrogen-bond donors (Lipinski definition) is 0. The second-order valence-electron chi connectivity index (χ2n) is 6.81. The zero-order valence-corrected chi connectivity index (χ0v) is 15.7. The van der Waals surface area contributed by atoms with Crippen LogP contribution in [0.15, 0.2) is 60.7 Å². The summed E-state index contributed by atoms with van der Waals surface area (Å²) in [5.74, 6) is 1.31. The van der Waals surface area contributed by atoms with Crippen LogP contribution < -0.4 is 14.5 Å². The van der Waals surface area contributed by atoms with Gasteiger partial charge in [-0.25, -0.2) is 0 Å². The monoisotopic (exact) mass is 366 g/mol. The Bertz CT molecular complexity index is 1120. The van der Waals surface area contributed by atoms with Crippen molar-refractivity contribution in [3.05, 3.63) is 77.4 Å². The quantitative estimate of drug-likeness (QED) is 0.657. The average molecular weight is 366 g/mol. The highest BCUT2D eigenvalue weighted by atomic mass is 16.5. The Morgan fingerprint density at radius 2 is 1.54 bits per heavy atom. The minimum atomic E-state index is 0.316. The molecule has 0 fully saturated rings. The number of nitrogens with zero attached hydrogens (tertiary/aromatic N) is 4. The number of fused-ring (bicyclic) bond motifs is 2. The maximum absolute atomic E-state index is 9.44. The van der Waals surface area contributed by atoms with Crippen LogP contribution in [0.25, 0.3) is 0 Å². The van der Waals surface area contributed by atoms with E-state index in [0.717, 1.165) is 28.4 Å². The minimum absolute atomic E-state index is 0.316. The number of anilines is 3. The van der Waals surface area contributed by atoms with Gasteiger partial charge in [0.1, 0.15) is 12.1 Å². The molecule has 0 saturated carbocycles. The van der Waals surface area contributed by atoms with E-state index in [1.807, 2.05) is 38.4 Å². The van der Waals surface area contributed by atoms with Crippen molar-refractivity contribution in [1.82, 2.24) is 0 Å². The van der Waals surface area contributed by atoms with Crippen LogP contribution in [0.5, 0.6) is 11.5 Å². The SMILES string of the molecule is CN(C)c1ccc(CN2c3ccccc3Oc3cc(C#N)c(C#N)cc32)cc1. The molecular formula is C23H18N4O. The van der Waals surface area contributed by atoms with Crippen LogP contribution in [0.1, 0.15) is 16.7 Å². The van der Waals surface area contributed by atoms with E-state index in [1.54, 1.807) is 12.1 Å². The number of benzene rings is 3. The van der Waals surface area contributed by atoms with Crippen LogP contribution in [-0.4, -0.2) is 14.1 Å². The van der Waals surface area contributed by atoms with Gasteiger partial charge < -0.3 is 14.5 Å². The molecule has 5 heteroatoms. The Kier molecular flexibility index (Phi) is 4.35. The van der Waals surface area contributed by atoms with Crippen molar-refractivity contribution in [2.45, 2.75) is 6.54 Å². The molecule has 3 aromatic rings. The average Bonchev–Trinajstić information content (AvgIpc) is 2.73. The Labute approximate surface area is 164 Å². The van der Waals surface area contributed by atoms with E-state index in [1.165, 1.54) is 0 Å². The maximum atomic E-state index is 9.44. The summed E-state index contributed by atoms with van der Waals surface area (Å²) in [6.45, 7) is 0.623. The fourth-order valence-electron chi connectivity index (χ4n) is 3.31. The summed E-state index contributed by atoms with van der Waals surface area (Å²) >= 11 is 0. The van der Waals surface area contributed by atoms with Gasteiger partial charge in [0, 0.05) is 32.4 Å². The third kappa shape index (κ3) is 3.00. The molecule has 0 bridgehead atoms. The molecule has 136 valence electrons. The van der Waals surface area contributed by atoms with Crippen LogP contribution in [0.4, 0.5) is 17.1 Å². The number of ether oxygens (including phenoxy) is 1. The van der Waals surface area contributed by atoms with E-state index < -0.39 is 0 Å². The molecule has 1 aliphatic rings. The predicted octanol–water partition coefficient (Wildman–Crippen LogP) is 4.94. The van der Waals surface area contributed by atoms with Gasteiger partial charge in [-0.15, -0.1) is 0 Å². The second kappa shape index (κ2) is 6.98. The van der Waals surface area contributed by atoms with Crippen LogP contribution in [0, 0.1) is 22.7 Å². The van der Waals surface area contributed by atoms with Crippen molar-refractivity contribution in [3.8, 4) is 23.6 Å². The molecule has 0 aliphatic carbocycles. The first-order valence-corrected chi connectivity index (χ1v) is 8.89. The Morgan fingerprint density at radius 3 is 2.21 bits per heavy atom. The summed E-state index contributed by atoms with van der Waals surface area (Å²) in [5, 5.41) is 18.8. The van der Waals surface area contributed by atoms with Crippen molar-refractivity contribution >= 4 is 17.1 Å². The van der Waals surface area contributed by atoms with Gasteiger partial charge in [-0.2, -0.15) is 10.5 Å². The largest absolute Gasteiger partial charge is 0.453 e. The van der Waals surface area contributed by atoms with Gasteiger partial charge in [0.15, 0.2) is 11.5 Å². The van der Waals surface area contributed by atoms with Gasteiger partial charge in [-0.05, 0) is 35.9 Å². The molecule has 0 spiro atoms. The van der Waals surface area contributed by atoms with E-state index in [0.29, 0.717) is 23.4 Å². The summed E-state index contributed by atoms with van der Waals surface area (Å²) in [6, 6.07) is 23.7. The number of hydrogen-bond acceptors (Lipinski definition) is 5. The Morgan fingerprint density at radius 1 is 0.857 bits per heavy atom. The normalized spacial score (nSPS) is 11.5. The van der Waals surface area contributed by atoms with Crippen molar-refractivity contribution in [2.24, 2.45) is 0 Å². The van der Waals surface area contributed by atoms with Crippen molar-refractivity contribution < 1.29 is 4.74 Å². The van der Waals surface area contributed by atoms with Gasteiger partial charge >= 0.3 is 0 Å². The highest BCUT2D eigenvalue weighted by Crippen LogP contribution is 2.48. The molecule has 1 heterocycles. The lowest BCUT2D eigenvalue weighted by Gasteiger charge is -2.33. The predicted molar refractivity (Wildman–Crippen MR) is 109 cm³/mol. The first-order valence-electron chi connectivity index (χ1n) is 8.89. The highest BCUT2D eigenvalue weighted by molar-refractivity contribution is 5.80. The molecule has 4 rings (SSSR count). The summed E-state index contributed by atoms with van der Waals surface area (Å²) in [4.78, 5) is 4.19. The lowest BCUT2D eigenvalue weighted by Crippen LogP contribution is -2.21. The number of para-hydroxylation sites is 2. The van der Waals surface area contributed by atoms with Crippen molar-refractivity contribution in [2.75, 3.05) is 23.9 Å². The van der Waals surface area contributed by atoms with Gasteiger partial charge in [0.2, 0.25) is 0 Å². The smallest absolute Gasteiger partial charge is 0.152 e. The molecule has 0 unspecified atom stereocenters. The molecule has 0 saturated heterocycles. The fraction of sp³-hybridized carbons (Fsp3) is 0.130. The lowest BCUT2D eigenvalue weighted by molar-refractivity contribution is 0.472. The van der Waals surface area contributed by atoms with Gasteiger partial charge in [-0.1, -0.05) is 24.3 Å². The minimum Gasteiger partial charge on any atom is -0.453 e. The van der Waals surface area contributed by atoms with E-state index in [9.17, 15) is 10.5 Å². The molecule has 3 aromatic carbocycles. The summed E-state index contributed by atoms with van der Waals surface area (Å²) < 4.78 is 6.03. The fourth-order valence-corrected chi connectivity index (χ4v) is 3.31. The highest BCUT2D eigenvalue weighted by Gasteiger charge is 2.26. The zero-order valence-electron chi connectivity index (χ0n) is 15.7. The molecule has 0 amide bonds. The molecule has 0 radical (unpaired) electrons. The molecule has 0 N–H and O–H groups in total. The third-order valence-electron chi connectivity index (χ3n) is 4.80. The first kappa shape index (κ1) is 17.5. The van der Waals surface area contributed by atoms with Crippen LogP contribution in [0.3, 0.4) is 0 Å². The molecular weight excluding hydrogens is 348 g/mol. The van der Waals surface area contributed by atoms with Gasteiger partial charge in [0.25, 0.3) is 0 Å². The van der Waals surface area contributed by atoms with E-state index in [2.05, 4.69) is 46.2 Å². The molecule has 0 atom stereocenters. The van der Waals surface area contributed by atoms with Gasteiger partial charge in [0.05, 0.1) is 22.5 Å². The molecule has 5 nitrogen and oxygen atoms in total. The van der Waals surface area contributed by atoms with Crippen molar-refractivity contribution in [3.63, 3.8) is 0 Å². The lowest BCUT2D eigenvalue weighted by atomic mass is 10.0. The number of rotatable bonds is 3. The van der Waals surface area contributed by atoms with Crippen LogP contribution in [-0.2, 0) is 6.54 Å². The first-order chi connectivity index (χ1) is 13.6. The molecule has 1 aliphatic heterocycles. The van der Waals surface area contributed by atoms with Gasteiger partial charge in [-0.3, -0.25) is 0 Å². The standard InChI is InChI=1S/C23H18N4O/c1-26(2)19-9-7-16(8-10-19)15-27-20-5-3-4-6-22(20)28-23-12-18(14-25)17(13-24)11-21(23)27/h3-12H,15H2,1-2H3. The summed E-state index contributed by atoms with van der Waals surface area (Å²) in [7, 11) is 4.03. The summed E-state index contributed by atoms with van der Waals surface area (Å²) in [5.41, 5.74) is 4.65. The van der Waals surface area contributed by atoms with Crippen LogP contribution >= 0.6 is 0 Å². The Balaban J connectivity index is 1.80. The zero-order chi connectivity index (χ0) is 19.7. The van der Waals surface area contributed by atoms with E-state index >= 15 is 0 Å². The third-order valence-corrected chi connectivity index (χ3v) is 4.80. The van der Waals surface area contributed by atoms with Crippen LogP contribution in [0.2, 0.25) is 0 Å². The summed E-state index contributed by atoms with van der Waals surface area (Å²) in [6.07, 6.45) is 0. The van der Waals surface area contributed by atoms with E-state index in [4.69, 9.17) is 4.74 Å². The topological polar surface area (TPSA) is 63.3 Å². The second-order valence-corrected chi connectivity index (χ2v) is 6.81. The number of nitriles is 2. The van der Waals surface area contributed by atoms with E-state index in [-0.39, 0.29) is 0 Å². The molecule has 28 heavy (non-hydrogen) atoms.